The molecule has 0 aromatic heterocycles. The molecule has 1 rings (SSSR count). The largest absolute Gasteiger partial charge is 0.351 e. The topological polar surface area (TPSA) is 41.1 Å². The van der Waals surface area contributed by atoms with Gasteiger partial charge >= 0.3 is 0 Å². The van der Waals surface area contributed by atoms with Crippen molar-refractivity contribution in [2.75, 3.05) is 13.1 Å². The molecule has 92 valence electrons. The Bertz CT molecular complexity index is 374. The standard InChI is InChI=1S/C14H20N2O/c1-3-9-15-11-14(17)16-10-13-8-6-5-7-12(13)4-2/h3,5-8,15H,1,4,9-11H2,2H3,(H,16,17). The SMILES string of the molecule is C=CCNCC(=O)NCc1ccccc1CC. The molecule has 0 radical (unpaired) electrons. The first kappa shape index (κ1) is 13.5. The van der Waals surface area contributed by atoms with Crippen LogP contribution in [0.15, 0.2) is 36.9 Å². The molecule has 0 aliphatic rings. The molecule has 1 amide bonds. The molecule has 0 aliphatic heterocycles. The molecule has 3 heteroatoms. The van der Waals surface area contributed by atoms with E-state index in [0.29, 0.717) is 19.6 Å². The van der Waals surface area contributed by atoms with Gasteiger partial charge in [-0.05, 0) is 17.5 Å². The molecular weight excluding hydrogens is 212 g/mol. The lowest BCUT2D eigenvalue weighted by atomic mass is 10.1. The van der Waals surface area contributed by atoms with Crippen molar-refractivity contribution in [1.82, 2.24) is 10.6 Å². The third-order valence-corrected chi connectivity index (χ3v) is 2.55. The number of hydrogen-bond donors (Lipinski definition) is 2. The van der Waals surface area contributed by atoms with E-state index in [1.165, 1.54) is 11.1 Å². The first-order valence-corrected chi connectivity index (χ1v) is 5.93. The number of aryl methyl sites for hydroxylation is 1. The second-order valence-electron chi connectivity index (χ2n) is 3.82. The van der Waals surface area contributed by atoms with Crippen LogP contribution in [-0.4, -0.2) is 19.0 Å². The summed E-state index contributed by atoms with van der Waals surface area (Å²) in [4.78, 5) is 11.5. The summed E-state index contributed by atoms with van der Waals surface area (Å²) in [6, 6.07) is 8.17. The predicted molar refractivity (Wildman–Crippen MR) is 70.7 cm³/mol. The first-order valence-electron chi connectivity index (χ1n) is 5.93. The van der Waals surface area contributed by atoms with E-state index < -0.39 is 0 Å². The summed E-state index contributed by atoms with van der Waals surface area (Å²) in [5, 5.41) is 5.87. The quantitative estimate of drug-likeness (QED) is 0.554. The Morgan fingerprint density at radius 1 is 1.35 bits per heavy atom. The van der Waals surface area contributed by atoms with Gasteiger partial charge in [0.05, 0.1) is 6.54 Å². The van der Waals surface area contributed by atoms with Gasteiger partial charge in [-0.2, -0.15) is 0 Å². The predicted octanol–water partition coefficient (Wildman–Crippen LogP) is 1.64. The highest BCUT2D eigenvalue weighted by atomic mass is 16.1. The Kier molecular flexibility index (Phi) is 6.04. The normalized spacial score (nSPS) is 9.94. The van der Waals surface area contributed by atoms with Crippen LogP contribution in [-0.2, 0) is 17.8 Å². The minimum atomic E-state index is 0.0118. The molecule has 0 fully saturated rings. The molecule has 0 heterocycles. The third kappa shape index (κ3) is 4.83. The van der Waals surface area contributed by atoms with Crippen molar-refractivity contribution in [3.63, 3.8) is 0 Å². The van der Waals surface area contributed by atoms with Crippen LogP contribution >= 0.6 is 0 Å². The van der Waals surface area contributed by atoms with Gasteiger partial charge in [0.25, 0.3) is 0 Å². The van der Waals surface area contributed by atoms with Crippen molar-refractivity contribution in [3.05, 3.63) is 48.0 Å². The average molecular weight is 232 g/mol. The number of benzene rings is 1. The second-order valence-corrected chi connectivity index (χ2v) is 3.82. The van der Waals surface area contributed by atoms with Crippen LogP contribution in [0.5, 0.6) is 0 Å². The number of amides is 1. The fourth-order valence-corrected chi connectivity index (χ4v) is 1.62. The first-order chi connectivity index (χ1) is 8.27. The van der Waals surface area contributed by atoms with Crippen molar-refractivity contribution in [2.45, 2.75) is 19.9 Å². The van der Waals surface area contributed by atoms with Crippen molar-refractivity contribution in [2.24, 2.45) is 0 Å². The summed E-state index contributed by atoms with van der Waals surface area (Å²) in [6.45, 7) is 7.28. The monoisotopic (exact) mass is 232 g/mol. The smallest absolute Gasteiger partial charge is 0.234 e. The van der Waals surface area contributed by atoms with Gasteiger partial charge in [0.1, 0.15) is 0 Å². The van der Waals surface area contributed by atoms with Crippen LogP contribution < -0.4 is 10.6 Å². The number of carbonyl (C=O) groups excluding carboxylic acids is 1. The number of nitrogens with one attached hydrogen (secondary N) is 2. The van der Waals surface area contributed by atoms with E-state index in [9.17, 15) is 4.79 Å². The zero-order chi connectivity index (χ0) is 12.5. The molecule has 1 aromatic carbocycles. The third-order valence-electron chi connectivity index (χ3n) is 2.55. The lowest BCUT2D eigenvalue weighted by molar-refractivity contribution is -0.120. The summed E-state index contributed by atoms with van der Waals surface area (Å²) in [5.74, 6) is 0.0118. The van der Waals surface area contributed by atoms with Gasteiger partial charge in [-0.1, -0.05) is 37.3 Å². The highest BCUT2D eigenvalue weighted by Gasteiger charge is 2.02. The van der Waals surface area contributed by atoms with Crippen molar-refractivity contribution < 1.29 is 4.79 Å². The summed E-state index contributed by atoms with van der Waals surface area (Å²) >= 11 is 0. The Balaban J connectivity index is 2.39. The Hall–Kier alpha value is -1.61. The zero-order valence-corrected chi connectivity index (χ0v) is 10.3. The molecule has 0 bridgehead atoms. The molecule has 0 saturated carbocycles. The Morgan fingerprint density at radius 3 is 2.71 bits per heavy atom. The minimum absolute atomic E-state index is 0.0118. The summed E-state index contributed by atoms with van der Waals surface area (Å²) in [7, 11) is 0. The van der Waals surface area contributed by atoms with E-state index in [1.807, 2.05) is 12.1 Å². The molecule has 0 saturated heterocycles. The highest BCUT2D eigenvalue weighted by Crippen LogP contribution is 2.08. The van der Waals surface area contributed by atoms with Gasteiger partial charge in [0.2, 0.25) is 5.91 Å². The molecular formula is C14H20N2O. The lowest BCUT2D eigenvalue weighted by Crippen LogP contribution is -2.33. The average Bonchev–Trinajstić information content (AvgIpc) is 2.37. The maximum atomic E-state index is 11.5. The van der Waals surface area contributed by atoms with E-state index >= 15 is 0 Å². The van der Waals surface area contributed by atoms with Crippen molar-refractivity contribution in [1.29, 1.82) is 0 Å². The van der Waals surface area contributed by atoms with Crippen molar-refractivity contribution in [3.8, 4) is 0 Å². The van der Waals surface area contributed by atoms with Gasteiger partial charge in [0.15, 0.2) is 0 Å². The molecule has 0 unspecified atom stereocenters. The van der Waals surface area contributed by atoms with Crippen LogP contribution in [0, 0.1) is 0 Å². The molecule has 1 aromatic rings. The molecule has 0 atom stereocenters. The Labute approximate surface area is 103 Å². The van der Waals surface area contributed by atoms with Crippen LogP contribution in [0.4, 0.5) is 0 Å². The van der Waals surface area contributed by atoms with Gasteiger partial charge in [-0.25, -0.2) is 0 Å². The van der Waals surface area contributed by atoms with E-state index in [0.717, 1.165) is 6.42 Å². The van der Waals surface area contributed by atoms with Gasteiger partial charge in [-0.3, -0.25) is 4.79 Å². The molecule has 2 N–H and O–H groups in total. The molecule has 0 aliphatic carbocycles. The van der Waals surface area contributed by atoms with Crippen molar-refractivity contribution >= 4 is 5.91 Å². The fourth-order valence-electron chi connectivity index (χ4n) is 1.62. The zero-order valence-electron chi connectivity index (χ0n) is 10.3. The molecule has 0 spiro atoms. The number of hydrogen-bond acceptors (Lipinski definition) is 2. The highest BCUT2D eigenvalue weighted by molar-refractivity contribution is 5.78. The van der Waals surface area contributed by atoms with E-state index in [4.69, 9.17) is 0 Å². The molecule has 3 nitrogen and oxygen atoms in total. The summed E-state index contributed by atoms with van der Waals surface area (Å²) in [5.41, 5.74) is 2.47. The van der Waals surface area contributed by atoms with Crippen LogP contribution in [0.2, 0.25) is 0 Å². The maximum absolute atomic E-state index is 11.5. The van der Waals surface area contributed by atoms with Gasteiger partial charge in [0, 0.05) is 13.1 Å². The summed E-state index contributed by atoms with van der Waals surface area (Å²) < 4.78 is 0. The van der Waals surface area contributed by atoms with Crippen LogP contribution in [0.3, 0.4) is 0 Å². The van der Waals surface area contributed by atoms with E-state index in [2.05, 4.69) is 36.3 Å². The maximum Gasteiger partial charge on any atom is 0.234 e. The fraction of sp³-hybridized carbons (Fsp3) is 0.357. The minimum Gasteiger partial charge on any atom is -0.351 e. The molecule has 17 heavy (non-hydrogen) atoms. The van der Waals surface area contributed by atoms with Crippen LogP contribution in [0.1, 0.15) is 18.1 Å². The van der Waals surface area contributed by atoms with Gasteiger partial charge in [-0.15, -0.1) is 6.58 Å². The van der Waals surface area contributed by atoms with E-state index in [1.54, 1.807) is 6.08 Å². The summed E-state index contributed by atoms with van der Waals surface area (Å²) in [6.07, 6.45) is 2.72. The van der Waals surface area contributed by atoms with Crippen LogP contribution in [0.25, 0.3) is 0 Å². The number of carbonyl (C=O) groups is 1. The lowest BCUT2D eigenvalue weighted by Gasteiger charge is -2.09. The second kappa shape index (κ2) is 7.63. The Morgan fingerprint density at radius 2 is 2.06 bits per heavy atom. The van der Waals surface area contributed by atoms with E-state index in [-0.39, 0.29) is 5.91 Å². The number of rotatable bonds is 7. The van der Waals surface area contributed by atoms with Gasteiger partial charge < -0.3 is 10.6 Å².